The molecule has 2 saturated heterocycles. The summed E-state index contributed by atoms with van der Waals surface area (Å²) >= 11 is 0. The second-order valence-corrected chi connectivity index (χ2v) is 8.47. The van der Waals surface area contributed by atoms with Gasteiger partial charge in [0, 0.05) is 49.5 Å². The number of halogens is 1. The molecule has 0 unspecified atom stereocenters. The number of likely N-dealkylation sites (tertiary alicyclic amines) is 1. The first-order chi connectivity index (χ1) is 15.0. The average molecular weight is 425 g/mol. The summed E-state index contributed by atoms with van der Waals surface area (Å²) in [6, 6.07) is 8.39. The lowest BCUT2D eigenvalue weighted by Gasteiger charge is -2.32. The Kier molecular flexibility index (Phi) is 6.49. The Labute approximate surface area is 182 Å². The van der Waals surface area contributed by atoms with E-state index in [0.717, 1.165) is 31.7 Å². The van der Waals surface area contributed by atoms with Crippen LogP contribution < -0.4 is 10.2 Å². The van der Waals surface area contributed by atoms with E-state index in [4.69, 9.17) is 0 Å². The molecular weight excluding hydrogens is 395 g/mol. The summed E-state index contributed by atoms with van der Waals surface area (Å²) in [4.78, 5) is 33.9. The van der Waals surface area contributed by atoms with E-state index in [1.165, 1.54) is 12.5 Å². The molecule has 1 N–H and O–H groups in total. The van der Waals surface area contributed by atoms with Crippen molar-refractivity contribution in [3.05, 3.63) is 53.5 Å². The van der Waals surface area contributed by atoms with Gasteiger partial charge in [-0.2, -0.15) is 0 Å². The van der Waals surface area contributed by atoms with Gasteiger partial charge in [-0.15, -0.1) is 0 Å². The number of hydrogen-bond donors (Lipinski definition) is 1. The Morgan fingerprint density at radius 3 is 2.48 bits per heavy atom. The van der Waals surface area contributed by atoms with E-state index in [9.17, 15) is 14.0 Å². The third-order valence-electron chi connectivity index (χ3n) is 6.26. The summed E-state index contributed by atoms with van der Waals surface area (Å²) in [6.07, 6.45) is 6.38. The molecule has 0 radical (unpaired) electrons. The second kappa shape index (κ2) is 9.45. The van der Waals surface area contributed by atoms with Crippen LogP contribution in [0.3, 0.4) is 0 Å². The zero-order valence-electron chi connectivity index (χ0n) is 17.9. The highest BCUT2D eigenvalue weighted by Crippen LogP contribution is 2.25. The monoisotopic (exact) mass is 424 g/mol. The lowest BCUT2D eigenvalue weighted by atomic mass is 9.95. The van der Waals surface area contributed by atoms with Crippen molar-refractivity contribution in [1.82, 2.24) is 9.88 Å². The third kappa shape index (κ3) is 5.03. The van der Waals surface area contributed by atoms with Crippen LogP contribution in [0.2, 0.25) is 0 Å². The molecule has 2 fully saturated rings. The van der Waals surface area contributed by atoms with Gasteiger partial charge in [-0.05, 0) is 68.9 Å². The maximum Gasteiger partial charge on any atom is 0.254 e. The number of hydrogen-bond acceptors (Lipinski definition) is 4. The number of aromatic nitrogens is 1. The van der Waals surface area contributed by atoms with Crippen LogP contribution in [0.4, 0.5) is 15.9 Å². The summed E-state index contributed by atoms with van der Waals surface area (Å²) in [6.45, 7) is 4.72. The number of carbonyl (C=O) groups is 2. The first kappa shape index (κ1) is 21.3. The van der Waals surface area contributed by atoms with Crippen molar-refractivity contribution in [2.45, 2.75) is 39.0 Å². The Balaban J connectivity index is 1.34. The maximum absolute atomic E-state index is 13.7. The van der Waals surface area contributed by atoms with Crippen LogP contribution in [-0.4, -0.2) is 47.9 Å². The minimum Gasteiger partial charge on any atom is -0.357 e. The number of carbonyl (C=O) groups excluding carboxylic acids is 2. The molecule has 3 heterocycles. The smallest absolute Gasteiger partial charge is 0.254 e. The van der Waals surface area contributed by atoms with Crippen LogP contribution >= 0.6 is 0 Å². The fourth-order valence-corrected chi connectivity index (χ4v) is 4.29. The summed E-state index contributed by atoms with van der Waals surface area (Å²) in [5.74, 6) is 0.326. The van der Waals surface area contributed by atoms with Gasteiger partial charge in [0.15, 0.2) is 0 Å². The average Bonchev–Trinajstić information content (AvgIpc) is 2.82. The summed E-state index contributed by atoms with van der Waals surface area (Å²) in [5.41, 5.74) is 1.72. The van der Waals surface area contributed by atoms with Crippen LogP contribution in [-0.2, 0) is 4.79 Å². The highest BCUT2D eigenvalue weighted by molar-refractivity contribution is 5.95. The Morgan fingerprint density at radius 2 is 1.77 bits per heavy atom. The normalized spacial score (nSPS) is 17.5. The second-order valence-electron chi connectivity index (χ2n) is 8.47. The van der Waals surface area contributed by atoms with E-state index in [0.29, 0.717) is 42.7 Å². The lowest BCUT2D eigenvalue weighted by molar-refractivity contribution is -0.120. The number of rotatable bonds is 4. The highest BCUT2D eigenvalue weighted by atomic mass is 19.1. The van der Waals surface area contributed by atoms with Crippen LogP contribution in [0, 0.1) is 18.7 Å². The van der Waals surface area contributed by atoms with Gasteiger partial charge >= 0.3 is 0 Å². The van der Waals surface area contributed by atoms with Gasteiger partial charge in [0.1, 0.15) is 11.6 Å². The van der Waals surface area contributed by atoms with E-state index >= 15 is 0 Å². The van der Waals surface area contributed by atoms with E-state index in [1.807, 2.05) is 11.0 Å². The minimum atomic E-state index is -0.322. The molecule has 164 valence electrons. The number of nitrogens with one attached hydrogen (secondary N) is 1. The minimum absolute atomic E-state index is 0.0722. The molecule has 31 heavy (non-hydrogen) atoms. The number of pyridine rings is 1. The Hall–Kier alpha value is -2.96. The zero-order chi connectivity index (χ0) is 21.8. The molecule has 1 aromatic carbocycles. The van der Waals surface area contributed by atoms with Gasteiger partial charge in [0.05, 0.1) is 0 Å². The van der Waals surface area contributed by atoms with Gasteiger partial charge in [-0.25, -0.2) is 9.37 Å². The largest absolute Gasteiger partial charge is 0.357 e. The van der Waals surface area contributed by atoms with E-state index in [-0.39, 0.29) is 23.5 Å². The van der Waals surface area contributed by atoms with Crippen molar-refractivity contribution in [3.8, 4) is 0 Å². The molecule has 0 atom stereocenters. The van der Waals surface area contributed by atoms with Crippen LogP contribution in [0.25, 0.3) is 0 Å². The van der Waals surface area contributed by atoms with Gasteiger partial charge < -0.3 is 15.1 Å². The molecule has 0 spiro atoms. The first-order valence-corrected chi connectivity index (χ1v) is 11.1. The molecule has 0 aliphatic carbocycles. The highest BCUT2D eigenvalue weighted by Gasteiger charge is 2.26. The molecule has 4 rings (SSSR count). The van der Waals surface area contributed by atoms with Gasteiger partial charge in [0.25, 0.3) is 5.91 Å². The molecule has 1 aromatic heterocycles. The molecule has 6 nitrogen and oxygen atoms in total. The molecular formula is C24H29FN4O2. The standard InChI is InChI=1S/C24H29FN4O2/c1-17-5-6-20(16-21(17)25)27-23(30)18-8-13-28(14-9-18)22-15-19(7-10-26-22)24(31)29-11-3-2-4-12-29/h5-7,10,15-16,18H,2-4,8-9,11-14H2,1H3,(H,27,30). The maximum atomic E-state index is 13.7. The number of aryl methyl sites for hydroxylation is 1. The zero-order valence-corrected chi connectivity index (χ0v) is 17.9. The Bertz CT molecular complexity index is 950. The van der Waals surface area contributed by atoms with Crippen molar-refractivity contribution in [3.63, 3.8) is 0 Å². The number of nitrogens with zero attached hydrogens (tertiary/aromatic N) is 3. The van der Waals surface area contributed by atoms with Crippen molar-refractivity contribution in [2.75, 3.05) is 36.4 Å². The molecule has 2 aliphatic rings. The third-order valence-corrected chi connectivity index (χ3v) is 6.26. The number of piperidine rings is 2. The predicted octanol–water partition coefficient (Wildman–Crippen LogP) is 4.01. The molecule has 2 aliphatic heterocycles. The van der Waals surface area contributed by atoms with E-state index in [2.05, 4.69) is 15.2 Å². The fraction of sp³-hybridized carbons (Fsp3) is 0.458. The Morgan fingerprint density at radius 1 is 1.03 bits per heavy atom. The van der Waals surface area contributed by atoms with Crippen LogP contribution in [0.1, 0.15) is 48.0 Å². The number of amides is 2. The lowest BCUT2D eigenvalue weighted by Crippen LogP contribution is -2.39. The fourth-order valence-electron chi connectivity index (χ4n) is 4.29. The molecule has 7 heteroatoms. The van der Waals surface area contributed by atoms with Crippen LogP contribution in [0.5, 0.6) is 0 Å². The van der Waals surface area contributed by atoms with Crippen molar-refractivity contribution in [1.29, 1.82) is 0 Å². The SMILES string of the molecule is Cc1ccc(NC(=O)C2CCN(c3cc(C(=O)N4CCCCC4)ccn3)CC2)cc1F. The van der Waals surface area contributed by atoms with Gasteiger partial charge in [-0.1, -0.05) is 6.07 Å². The van der Waals surface area contributed by atoms with E-state index in [1.54, 1.807) is 31.3 Å². The predicted molar refractivity (Wildman–Crippen MR) is 119 cm³/mol. The van der Waals surface area contributed by atoms with Gasteiger partial charge in [-0.3, -0.25) is 9.59 Å². The first-order valence-electron chi connectivity index (χ1n) is 11.1. The van der Waals surface area contributed by atoms with E-state index < -0.39 is 0 Å². The quantitative estimate of drug-likeness (QED) is 0.805. The number of anilines is 2. The van der Waals surface area contributed by atoms with Gasteiger partial charge in [0.2, 0.25) is 5.91 Å². The topological polar surface area (TPSA) is 65.5 Å². The van der Waals surface area contributed by atoms with Crippen LogP contribution in [0.15, 0.2) is 36.5 Å². The van der Waals surface area contributed by atoms with Crippen molar-refractivity contribution in [2.24, 2.45) is 5.92 Å². The molecule has 0 bridgehead atoms. The molecule has 2 amide bonds. The summed E-state index contributed by atoms with van der Waals surface area (Å²) in [5, 5.41) is 2.83. The van der Waals surface area contributed by atoms with Crippen molar-refractivity contribution < 1.29 is 14.0 Å². The summed E-state index contributed by atoms with van der Waals surface area (Å²) in [7, 11) is 0. The number of benzene rings is 1. The van der Waals surface area contributed by atoms with Crippen molar-refractivity contribution >= 4 is 23.3 Å². The summed E-state index contributed by atoms with van der Waals surface area (Å²) < 4.78 is 13.7. The molecule has 0 saturated carbocycles. The molecule has 2 aromatic rings.